The molecule has 0 heterocycles. The molecule has 0 bridgehead atoms. The number of anilines is 1. The molecule has 0 fully saturated rings. The average Bonchev–Trinajstić information content (AvgIpc) is 2.31. The largest absolute Gasteiger partial charge is 0.480 e. The maximum Gasteiger partial charge on any atom is 0.320 e. The zero-order valence-corrected chi connectivity index (χ0v) is 10.5. The van der Waals surface area contributed by atoms with Crippen LogP contribution in [0.4, 0.5) is 5.69 Å². The number of halogens is 1. The SMILES string of the molecule is N[C@@H](Cc1ccc(NS(=O)CCl)cc1)C(=O)O. The van der Waals surface area contributed by atoms with Crippen LogP contribution < -0.4 is 10.5 Å². The number of hydrogen-bond donors (Lipinski definition) is 3. The summed E-state index contributed by atoms with van der Waals surface area (Å²) in [5, 5.41) is 8.66. The van der Waals surface area contributed by atoms with E-state index in [1.807, 2.05) is 0 Å². The summed E-state index contributed by atoms with van der Waals surface area (Å²) in [6.45, 7) is 0. The molecule has 4 N–H and O–H groups in total. The number of alkyl halides is 1. The van der Waals surface area contributed by atoms with E-state index >= 15 is 0 Å². The first-order valence-corrected chi connectivity index (χ1v) is 6.66. The topological polar surface area (TPSA) is 92.4 Å². The highest BCUT2D eigenvalue weighted by atomic mass is 35.5. The van der Waals surface area contributed by atoms with Crippen molar-refractivity contribution in [1.82, 2.24) is 0 Å². The third kappa shape index (κ3) is 4.72. The Bertz CT molecular complexity index is 411. The van der Waals surface area contributed by atoms with Crippen molar-refractivity contribution in [1.29, 1.82) is 0 Å². The molecular weight excluding hydrogens is 264 g/mol. The van der Waals surface area contributed by atoms with Crippen molar-refractivity contribution < 1.29 is 14.1 Å². The molecule has 1 aromatic rings. The minimum atomic E-state index is -1.31. The first kappa shape index (κ1) is 14.0. The Kier molecular flexibility index (Phi) is 5.40. The van der Waals surface area contributed by atoms with Crippen molar-refractivity contribution in [2.24, 2.45) is 5.73 Å². The normalized spacial score (nSPS) is 14.0. The summed E-state index contributed by atoms with van der Waals surface area (Å²) in [6.07, 6.45) is 0.258. The van der Waals surface area contributed by atoms with Crippen LogP contribution in [0.25, 0.3) is 0 Å². The van der Waals surface area contributed by atoms with Crippen LogP contribution in [0.5, 0.6) is 0 Å². The highest BCUT2D eigenvalue weighted by Crippen LogP contribution is 2.11. The Morgan fingerprint density at radius 1 is 1.47 bits per heavy atom. The number of carboxylic acids is 1. The summed E-state index contributed by atoms with van der Waals surface area (Å²) in [7, 11) is -1.31. The highest BCUT2D eigenvalue weighted by molar-refractivity contribution is 7.87. The second-order valence-electron chi connectivity index (χ2n) is 3.40. The van der Waals surface area contributed by atoms with Gasteiger partial charge < -0.3 is 15.6 Å². The van der Waals surface area contributed by atoms with Crippen molar-refractivity contribution >= 4 is 34.2 Å². The molecule has 0 aromatic heterocycles. The summed E-state index contributed by atoms with van der Waals surface area (Å²) >= 11 is 5.39. The summed E-state index contributed by atoms with van der Waals surface area (Å²) in [5.74, 6) is -1.03. The average molecular weight is 277 g/mol. The molecule has 1 aromatic carbocycles. The van der Waals surface area contributed by atoms with Gasteiger partial charge in [-0.15, -0.1) is 11.6 Å². The number of aliphatic carboxylic acids is 1. The Hall–Kier alpha value is -1.11. The summed E-state index contributed by atoms with van der Waals surface area (Å²) in [5.41, 5.74) is 6.88. The molecule has 94 valence electrons. The van der Waals surface area contributed by atoms with Gasteiger partial charge in [-0.2, -0.15) is 0 Å². The van der Waals surface area contributed by atoms with Crippen LogP contribution in [-0.4, -0.2) is 26.5 Å². The fourth-order valence-electron chi connectivity index (χ4n) is 1.21. The third-order valence-electron chi connectivity index (χ3n) is 2.06. The van der Waals surface area contributed by atoms with Gasteiger partial charge in [0.1, 0.15) is 22.2 Å². The van der Waals surface area contributed by atoms with Crippen LogP contribution in [0.15, 0.2) is 24.3 Å². The number of benzene rings is 1. The third-order valence-corrected chi connectivity index (χ3v) is 3.31. The maximum atomic E-state index is 11.1. The molecule has 2 atom stereocenters. The molecule has 0 amide bonds. The molecular formula is C10H13ClN2O3S. The van der Waals surface area contributed by atoms with Crippen molar-refractivity contribution in [3.63, 3.8) is 0 Å². The van der Waals surface area contributed by atoms with Gasteiger partial charge in [0, 0.05) is 5.69 Å². The van der Waals surface area contributed by atoms with E-state index in [9.17, 15) is 9.00 Å². The standard InChI is InChI=1S/C10H13ClN2O3S/c11-6-17(16)13-8-3-1-7(2-4-8)5-9(12)10(14)15/h1-4,9,13H,5-6,12H2,(H,14,15)/t9-,17?/m0/s1. The minimum absolute atomic E-state index is 0.00559. The van der Waals surface area contributed by atoms with Gasteiger partial charge in [-0.1, -0.05) is 12.1 Å². The fraction of sp³-hybridized carbons (Fsp3) is 0.300. The van der Waals surface area contributed by atoms with Gasteiger partial charge in [0.05, 0.1) is 0 Å². The predicted octanol–water partition coefficient (Wildman–Crippen LogP) is 0.913. The molecule has 0 radical (unpaired) electrons. The van der Waals surface area contributed by atoms with Crippen molar-refractivity contribution in [2.45, 2.75) is 12.5 Å². The first-order valence-electron chi connectivity index (χ1n) is 4.81. The number of carboxylic acid groups (broad SMARTS) is 1. The molecule has 0 aliphatic heterocycles. The van der Waals surface area contributed by atoms with Gasteiger partial charge >= 0.3 is 5.97 Å². The van der Waals surface area contributed by atoms with Gasteiger partial charge in [-0.25, -0.2) is 4.21 Å². The van der Waals surface area contributed by atoms with Gasteiger partial charge in [0.2, 0.25) is 0 Å². The van der Waals surface area contributed by atoms with Crippen LogP contribution in [0.1, 0.15) is 5.56 Å². The van der Waals surface area contributed by atoms with E-state index in [4.69, 9.17) is 22.4 Å². The lowest BCUT2D eigenvalue weighted by molar-refractivity contribution is -0.138. The quantitative estimate of drug-likeness (QED) is 0.674. The monoisotopic (exact) mass is 276 g/mol. The van der Waals surface area contributed by atoms with Gasteiger partial charge in [0.25, 0.3) is 0 Å². The Morgan fingerprint density at radius 2 is 2.06 bits per heavy atom. The van der Waals surface area contributed by atoms with E-state index in [1.54, 1.807) is 24.3 Å². The molecule has 1 rings (SSSR count). The Balaban J connectivity index is 2.62. The molecule has 0 saturated carbocycles. The van der Waals surface area contributed by atoms with Crippen LogP contribution in [0.2, 0.25) is 0 Å². The molecule has 7 heteroatoms. The number of nitrogens with two attached hydrogens (primary N) is 1. The highest BCUT2D eigenvalue weighted by Gasteiger charge is 2.11. The molecule has 0 spiro atoms. The summed E-state index contributed by atoms with van der Waals surface area (Å²) in [4.78, 5) is 10.6. The maximum absolute atomic E-state index is 11.1. The van der Waals surface area contributed by atoms with E-state index in [-0.39, 0.29) is 11.6 Å². The van der Waals surface area contributed by atoms with E-state index in [2.05, 4.69) is 4.72 Å². The molecule has 0 saturated heterocycles. The Labute approximate surface area is 107 Å². The van der Waals surface area contributed by atoms with Crippen molar-refractivity contribution in [3.05, 3.63) is 29.8 Å². The summed E-state index contributed by atoms with van der Waals surface area (Å²) in [6, 6.07) is 5.96. The van der Waals surface area contributed by atoms with Gasteiger partial charge in [-0.05, 0) is 24.1 Å². The molecule has 0 aliphatic carbocycles. The minimum Gasteiger partial charge on any atom is -0.480 e. The summed E-state index contributed by atoms with van der Waals surface area (Å²) < 4.78 is 13.8. The van der Waals surface area contributed by atoms with Crippen LogP contribution >= 0.6 is 11.6 Å². The lowest BCUT2D eigenvalue weighted by Crippen LogP contribution is -2.32. The van der Waals surface area contributed by atoms with Crippen molar-refractivity contribution in [3.8, 4) is 0 Å². The smallest absolute Gasteiger partial charge is 0.320 e. The second kappa shape index (κ2) is 6.58. The molecule has 1 unspecified atom stereocenters. The van der Waals surface area contributed by atoms with Crippen molar-refractivity contribution in [2.75, 3.05) is 9.93 Å². The number of nitrogens with one attached hydrogen (secondary N) is 1. The lowest BCUT2D eigenvalue weighted by atomic mass is 10.1. The number of rotatable bonds is 6. The molecule has 0 aliphatic rings. The van der Waals surface area contributed by atoms with Crippen LogP contribution in [-0.2, 0) is 22.2 Å². The van der Waals surface area contributed by atoms with E-state index in [1.165, 1.54) is 0 Å². The van der Waals surface area contributed by atoms with E-state index < -0.39 is 23.0 Å². The zero-order chi connectivity index (χ0) is 12.8. The predicted molar refractivity (Wildman–Crippen MR) is 68.2 cm³/mol. The lowest BCUT2D eigenvalue weighted by Gasteiger charge is -2.08. The van der Waals surface area contributed by atoms with E-state index in [0.29, 0.717) is 5.69 Å². The first-order chi connectivity index (χ1) is 8.02. The zero-order valence-electron chi connectivity index (χ0n) is 8.93. The van der Waals surface area contributed by atoms with Crippen LogP contribution in [0, 0.1) is 0 Å². The Morgan fingerprint density at radius 3 is 2.53 bits per heavy atom. The second-order valence-corrected chi connectivity index (χ2v) is 5.17. The molecule has 17 heavy (non-hydrogen) atoms. The fourth-order valence-corrected chi connectivity index (χ4v) is 1.83. The van der Waals surface area contributed by atoms with Gasteiger partial charge in [0.15, 0.2) is 0 Å². The number of carbonyl (C=O) groups is 1. The number of hydrogen-bond acceptors (Lipinski definition) is 3. The molecule has 5 nitrogen and oxygen atoms in total. The van der Waals surface area contributed by atoms with Gasteiger partial charge in [-0.3, -0.25) is 4.79 Å². The van der Waals surface area contributed by atoms with Crippen LogP contribution in [0.3, 0.4) is 0 Å². The van der Waals surface area contributed by atoms with E-state index in [0.717, 1.165) is 5.56 Å².